The van der Waals surface area contributed by atoms with Gasteiger partial charge in [0.1, 0.15) is 6.54 Å². The Morgan fingerprint density at radius 3 is 1.59 bits per heavy atom. The van der Waals surface area contributed by atoms with Crippen LogP contribution in [0.3, 0.4) is 0 Å². The second-order valence-electron chi connectivity index (χ2n) is 4.25. The second kappa shape index (κ2) is 7.58. The Kier molecular flexibility index (Phi) is 7.90. The molecule has 0 aliphatic carbocycles. The minimum absolute atomic E-state index is 0.0694. The summed E-state index contributed by atoms with van der Waals surface area (Å²) in [5.74, 6) is -4.14. The predicted molar refractivity (Wildman–Crippen MR) is 51.2 cm³/mol. The van der Waals surface area contributed by atoms with E-state index < -0.39 is 30.4 Å². The van der Waals surface area contributed by atoms with E-state index in [1.54, 1.807) is 21.1 Å². The fraction of sp³-hybridized carbons (Fsp3) is 0.667. The van der Waals surface area contributed by atoms with E-state index in [0.29, 0.717) is 4.48 Å². The number of carboxylic acid groups (broad SMARTS) is 3. The van der Waals surface area contributed by atoms with Gasteiger partial charge in [-0.2, -0.15) is 0 Å². The molecule has 2 N–H and O–H groups in total. The summed E-state index contributed by atoms with van der Waals surface area (Å²) in [6, 6.07) is 0. The number of hydrogen-bond donors (Lipinski definition) is 2. The fourth-order valence-electron chi connectivity index (χ4n) is 0.632. The first kappa shape index (κ1) is 17.7. The second-order valence-corrected chi connectivity index (χ2v) is 4.25. The van der Waals surface area contributed by atoms with Gasteiger partial charge in [0.05, 0.1) is 27.1 Å². The molecule has 0 heterocycles. The molecule has 0 fully saturated rings. The number of nitrogens with zero attached hydrogens (tertiary/aromatic N) is 1. The molecule has 0 spiro atoms. The summed E-state index contributed by atoms with van der Waals surface area (Å²) < 4.78 is 0.419. The third kappa shape index (κ3) is 17.0. The molecule has 1 atom stereocenters. The lowest BCUT2D eigenvalue weighted by atomic mass is 10.3. The lowest BCUT2D eigenvalue weighted by Crippen LogP contribution is -2.45. The molecule has 1 unspecified atom stereocenters. The maximum Gasteiger partial charge on any atom is 0.332 e. The maximum atomic E-state index is 9.89. The highest BCUT2D eigenvalue weighted by Crippen LogP contribution is 1.87. The van der Waals surface area contributed by atoms with Crippen LogP contribution in [0.1, 0.15) is 6.42 Å². The standard InChI is InChI=1S/C5H11NO2.C4H6O5/c1-6(2,3)4-5(7)8;5-2(4(8)9)1-3(6)7/h4H2,1-3H3;2,5H,1H2,(H,6,7)(H,8,9)/p-1. The molecular formula is C9H16NO7-. The highest BCUT2D eigenvalue weighted by atomic mass is 16.4. The number of carbonyl (C=O) groups excluding carboxylic acids is 2. The van der Waals surface area contributed by atoms with Gasteiger partial charge in [-0.25, -0.2) is 4.79 Å². The molecule has 0 aromatic carbocycles. The smallest absolute Gasteiger partial charge is 0.332 e. The van der Waals surface area contributed by atoms with Crippen LogP contribution < -0.4 is 10.2 Å². The molecule has 0 radical (unpaired) electrons. The molecular weight excluding hydrogens is 234 g/mol. The summed E-state index contributed by atoms with van der Waals surface area (Å²) in [4.78, 5) is 29.2. The van der Waals surface area contributed by atoms with Gasteiger partial charge in [-0.05, 0) is 0 Å². The van der Waals surface area contributed by atoms with E-state index >= 15 is 0 Å². The minimum atomic E-state index is -1.85. The van der Waals surface area contributed by atoms with Gasteiger partial charge < -0.3 is 34.5 Å². The summed E-state index contributed by atoms with van der Waals surface area (Å²) in [6.07, 6.45) is -2.72. The number of hydrogen-bond acceptors (Lipinski definition) is 6. The largest absolute Gasteiger partial charge is 0.550 e. The van der Waals surface area contributed by atoms with Crippen molar-refractivity contribution < 1.29 is 39.3 Å². The zero-order chi connectivity index (χ0) is 14.2. The van der Waals surface area contributed by atoms with Gasteiger partial charge in [0.2, 0.25) is 0 Å². The Hall–Kier alpha value is -1.67. The van der Waals surface area contributed by atoms with Crippen molar-refractivity contribution in [2.75, 3.05) is 27.7 Å². The number of carbonyl (C=O) groups is 3. The Morgan fingerprint density at radius 1 is 1.12 bits per heavy atom. The van der Waals surface area contributed by atoms with Crippen molar-refractivity contribution >= 4 is 17.9 Å². The van der Waals surface area contributed by atoms with Crippen molar-refractivity contribution in [1.82, 2.24) is 0 Å². The first-order valence-electron chi connectivity index (χ1n) is 4.56. The van der Waals surface area contributed by atoms with Crippen LogP contribution in [0.5, 0.6) is 0 Å². The summed E-state index contributed by atoms with van der Waals surface area (Å²) in [5.41, 5.74) is 0. The van der Waals surface area contributed by atoms with Crippen molar-refractivity contribution in [2.24, 2.45) is 0 Å². The SMILES string of the molecule is C[N+](C)(C)CC(=O)[O-].O=C([O-])CC(O)C(=O)O. The predicted octanol–water partition coefficient (Wildman–Crippen LogP) is -3.99. The third-order valence-electron chi connectivity index (χ3n) is 1.25. The summed E-state index contributed by atoms with van der Waals surface area (Å²) in [6.45, 7) is 0.0694. The van der Waals surface area contributed by atoms with Crippen LogP contribution in [0.4, 0.5) is 0 Å². The van der Waals surface area contributed by atoms with E-state index in [9.17, 15) is 24.6 Å². The topological polar surface area (TPSA) is 138 Å². The van der Waals surface area contributed by atoms with E-state index in [-0.39, 0.29) is 6.54 Å². The van der Waals surface area contributed by atoms with E-state index in [2.05, 4.69) is 0 Å². The number of rotatable bonds is 5. The molecule has 0 aromatic rings. The van der Waals surface area contributed by atoms with Crippen molar-refractivity contribution in [2.45, 2.75) is 12.5 Å². The van der Waals surface area contributed by atoms with E-state index in [0.717, 1.165) is 0 Å². The summed E-state index contributed by atoms with van der Waals surface area (Å²) in [5, 5.41) is 35.6. The van der Waals surface area contributed by atoms with E-state index in [4.69, 9.17) is 10.2 Å². The molecule has 0 rings (SSSR count). The van der Waals surface area contributed by atoms with Gasteiger partial charge in [0, 0.05) is 12.4 Å². The van der Waals surface area contributed by atoms with E-state index in [1.807, 2.05) is 0 Å². The first-order valence-corrected chi connectivity index (χ1v) is 4.56. The van der Waals surface area contributed by atoms with Gasteiger partial charge >= 0.3 is 5.97 Å². The maximum absolute atomic E-state index is 9.89. The Morgan fingerprint density at radius 2 is 1.53 bits per heavy atom. The van der Waals surface area contributed by atoms with Crippen molar-refractivity contribution in [3.05, 3.63) is 0 Å². The third-order valence-corrected chi connectivity index (χ3v) is 1.25. The van der Waals surface area contributed by atoms with Crippen LogP contribution in [0, 0.1) is 0 Å². The van der Waals surface area contributed by atoms with Crippen LogP contribution in [-0.4, -0.2) is 66.4 Å². The van der Waals surface area contributed by atoms with Gasteiger partial charge in [-0.1, -0.05) is 0 Å². The summed E-state index contributed by atoms with van der Waals surface area (Å²) >= 11 is 0. The van der Waals surface area contributed by atoms with E-state index in [1.165, 1.54) is 0 Å². The van der Waals surface area contributed by atoms with Crippen molar-refractivity contribution in [3.8, 4) is 0 Å². The lowest BCUT2D eigenvalue weighted by Gasteiger charge is -2.23. The molecule has 8 nitrogen and oxygen atoms in total. The molecule has 0 aromatic heterocycles. The lowest BCUT2D eigenvalue weighted by molar-refractivity contribution is -0.864. The molecule has 0 saturated heterocycles. The molecule has 0 aliphatic heterocycles. The van der Waals surface area contributed by atoms with Gasteiger partial charge in [0.25, 0.3) is 0 Å². The van der Waals surface area contributed by atoms with Gasteiger partial charge in [-0.3, -0.25) is 0 Å². The first-order chi connectivity index (χ1) is 7.45. The number of quaternary nitrogens is 1. The summed E-state index contributed by atoms with van der Waals surface area (Å²) in [7, 11) is 5.40. The molecule has 100 valence electrons. The molecule has 0 amide bonds. The molecule has 0 saturated carbocycles. The average molecular weight is 250 g/mol. The quantitative estimate of drug-likeness (QED) is 0.474. The zero-order valence-electron chi connectivity index (χ0n) is 9.87. The molecule has 17 heavy (non-hydrogen) atoms. The number of likely N-dealkylation sites (N-methyl/N-ethyl adjacent to an activating group) is 1. The van der Waals surface area contributed by atoms with Crippen LogP contribution in [0.25, 0.3) is 0 Å². The fourth-order valence-corrected chi connectivity index (χ4v) is 0.632. The monoisotopic (exact) mass is 250 g/mol. The van der Waals surface area contributed by atoms with Crippen molar-refractivity contribution in [1.29, 1.82) is 0 Å². The van der Waals surface area contributed by atoms with Gasteiger partial charge in [-0.15, -0.1) is 0 Å². The van der Waals surface area contributed by atoms with Crippen molar-refractivity contribution in [3.63, 3.8) is 0 Å². The number of aliphatic hydroxyl groups is 1. The van der Waals surface area contributed by atoms with Crippen LogP contribution in [-0.2, 0) is 14.4 Å². The average Bonchev–Trinajstić information content (AvgIpc) is 1.98. The molecule has 0 bridgehead atoms. The van der Waals surface area contributed by atoms with Gasteiger partial charge in [0.15, 0.2) is 6.10 Å². The van der Waals surface area contributed by atoms with Crippen LogP contribution >= 0.6 is 0 Å². The molecule has 0 aliphatic rings. The zero-order valence-corrected chi connectivity index (χ0v) is 9.87. The Balaban J connectivity index is 0. The van der Waals surface area contributed by atoms with Crippen LogP contribution in [0.2, 0.25) is 0 Å². The Labute approximate surface area is 98.3 Å². The number of aliphatic hydroxyl groups excluding tert-OH is 1. The number of aliphatic carboxylic acids is 3. The highest BCUT2D eigenvalue weighted by molar-refractivity contribution is 5.78. The highest BCUT2D eigenvalue weighted by Gasteiger charge is 2.11. The molecule has 8 heteroatoms. The number of carboxylic acids is 3. The Bertz CT molecular complexity index is 282. The minimum Gasteiger partial charge on any atom is -0.550 e. The van der Waals surface area contributed by atoms with Crippen LogP contribution in [0.15, 0.2) is 0 Å². The normalized spacial score (nSPS) is 12.0.